The van der Waals surface area contributed by atoms with Gasteiger partial charge in [-0.15, -0.1) is 10.2 Å². The lowest BCUT2D eigenvalue weighted by atomic mass is 10.1. The molecule has 0 fully saturated rings. The molecular weight excluding hydrogens is 362 g/mol. The number of carboxylic acids is 1. The number of unbranched alkanes of at least 4 members (excludes halogenated alkanes) is 1. The summed E-state index contributed by atoms with van der Waals surface area (Å²) in [4.78, 5) is 31.4. The Balaban J connectivity index is 0.00000153. The molecule has 1 aromatic rings. The first-order chi connectivity index (χ1) is 12.7. The van der Waals surface area contributed by atoms with E-state index >= 15 is 0 Å². The second kappa shape index (κ2) is 13.4. The van der Waals surface area contributed by atoms with Crippen molar-refractivity contribution >= 4 is 17.9 Å². The van der Waals surface area contributed by atoms with Crippen LogP contribution in [-0.4, -0.2) is 57.5 Å². The highest BCUT2D eigenvalue weighted by Gasteiger charge is 2.19. The predicted octanol–water partition coefficient (Wildman–Crippen LogP) is -2.07. The van der Waals surface area contributed by atoms with Crippen LogP contribution >= 0.6 is 0 Å². The quantitative estimate of drug-likeness (QED) is 0.216. The molecule has 1 heterocycles. The van der Waals surface area contributed by atoms with E-state index in [-0.39, 0.29) is 24.2 Å². The van der Waals surface area contributed by atoms with E-state index in [2.05, 4.69) is 26.6 Å². The zero-order valence-corrected chi connectivity index (χ0v) is 15.1. The normalized spacial score (nSPS) is 12.3. The largest absolute Gasteiger partial charge is 0.480 e. The van der Waals surface area contributed by atoms with Crippen LogP contribution in [0, 0.1) is 0 Å². The first-order valence-electron chi connectivity index (χ1n) is 8.13. The Kier molecular flexibility index (Phi) is 12.1. The van der Waals surface area contributed by atoms with Gasteiger partial charge >= 0.3 is 12.0 Å². The molecule has 13 nitrogen and oxygen atoms in total. The average Bonchev–Trinajstić information content (AvgIpc) is 3.06. The van der Waals surface area contributed by atoms with Crippen LogP contribution in [0.3, 0.4) is 0 Å². The molecule has 13 heteroatoms. The third-order valence-electron chi connectivity index (χ3n) is 2.96. The van der Waals surface area contributed by atoms with Crippen molar-refractivity contribution in [2.24, 2.45) is 17.2 Å². The topological polar surface area (TPSA) is 233 Å². The van der Waals surface area contributed by atoms with Crippen molar-refractivity contribution in [3.8, 4) is 0 Å². The van der Waals surface area contributed by atoms with E-state index in [9.17, 15) is 14.4 Å². The van der Waals surface area contributed by atoms with E-state index in [1.54, 1.807) is 0 Å². The van der Waals surface area contributed by atoms with E-state index in [1.165, 1.54) is 6.92 Å². The Morgan fingerprint density at radius 1 is 1.26 bits per heavy atom. The molecule has 0 spiro atoms. The molecule has 0 saturated heterocycles. The number of aliphatic carboxylic acids is 1. The van der Waals surface area contributed by atoms with Gasteiger partial charge in [-0.2, -0.15) is 0 Å². The maximum absolute atomic E-state index is 11.5. The number of nitrogens with two attached hydrogens (primary N) is 3. The Labute approximate surface area is 155 Å². The van der Waals surface area contributed by atoms with Gasteiger partial charge < -0.3 is 42.5 Å². The fourth-order valence-corrected chi connectivity index (χ4v) is 1.67. The minimum Gasteiger partial charge on any atom is -0.480 e. The number of nitrogens with one attached hydrogen (secondary N) is 2. The van der Waals surface area contributed by atoms with Crippen molar-refractivity contribution in [1.29, 1.82) is 0 Å². The summed E-state index contributed by atoms with van der Waals surface area (Å²) in [7, 11) is 0. The van der Waals surface area contributed by atoms with Crippen molar-refractivity contribution in [1.82, 2.24) is 20.8 Å². The molecule has 154 valence electrons. The lowest BCUT2D eigenvalue weighted by molar-refractivity contribution is -0.140. The van der Waals surface area contributed by atoms with Gasteiger partial charge in [0.05, 0.1) is 19.2 Å². The molecule has 1 aromatic heterocycles. The number of hydrogen-bond acceptors (Lipinski definition) is 9. The number of carbonyl (C=O) groups is 3. The first-order valence-corrected chi connectivity index (χ1v) is 8.13. The molecule has 2 atom stereocenters. The van der Waals surface area contributed by atoms with Crippen LogP contribution in [0.25, 0.3) is 0 Å². The average molecular weight is 389 g/mol. The maximum Gasteiger partial charge on any atom is 0.328 e. The summed E-state index contributed by atoms with van der Waals surface area (Å²) in [5.41, 5.74) is 15.8. The van der Waals surface area contributed by atoms with Gasteiger partial charge in [-0.3, -0.25) is 4.79 Å². The zero-order valence-electron chi connectivity index (χ0n) is 15.1. The highest BCUT2D eigenvalue weighted by atomic mass is 16.4. The van der Waals surface area contributed by atoms with Crippen molar-refractivity contribution in [2.45, 2.75) is 44.8 Å². The maximum atomic E-state index is 11.5. The van der Waals surface area contributed by atoms with Crippen LogP contribution in [0.1, 0.15) is 44.0 Å². The van der Waals surface area contributed by atoms with E-state index in [0.29, 0.717) is 13.0 Å². The number of aliphatic hydroxyl groups is 1. The second-order valence-electron chi connectivity index (χ2n) is 5.44. The van der Waals surface area contributed by atoms with Crippen molar-refractivity contribution in [3.63, 3.8) is 0 Å². The molecule has 1 rings (SSSR count). The van der Waals surface area contributed by atoms with Gasteiger partial charge in [0.1, 0.15) is 0 Å². The summed E-state index contributed by atoms with van der Waals surface area (Å²) >= 11 is 0. The third-order valence-corrected chi connectivity index (χ3v) is 2.96. The third kappa shape index (κ3) is 11.5. The number of primary amides is 1. The molecule has 0 aliphatic carbocycles. The lowest BCUT2D eigenvalue weighted by Crippen LogP contribution is -2.47. The number of aromatic nitrogens is 2. The molecule has 0 aliphatic heterocycles. The number of urea groups is 1. The number of aliphatic hydroxyl groups excluding tert-OH is 1. The predicted molar refractivity (Wildman–Crippen MR) is 92.9 cm³/mol. The minimum absolute atomic E-state index is 0.0911. The van der Waals surface area contributed by atoms with E-state index < -0.39 is 30.7 Å². The lowest BCUT2D eigenvalue weighted by Gasteiger charge is -2.11. The van der Waals surface area contributed by atoms with Crippen molar-refractivity contribution in [3.05, 3.63) is 11.8 Å². The van der Waals surface area contributed by atoms with E-state index in [0.717, 1.165) is 12.8 Å². The number of carbonyl (C=O) groups excluding carboxylic acids is 2. The summed E-state index contributed by atoms with van der Waals surface area (Å²) in [5, 5.41) is 29.5. The monoisotopic (exact) mass is 389 g/mol. The van der Waals surface area contributed by atoms with Crippen LogP contribution in [-0.2, 0) is 16.1 Å². The van der Waals surface area contributed by atoms with Crippen LogP contribution < -0.4 is 27.8 Å². The molecule has 27 heavy (non-hydrogen) atoms. The number of nitrogens with zero attached hydrogens (tertiary/aromatic N) is 2. The van der Waals surface area contributed by atoms with Crippen LogP contribution in [0.15, 0.2) is 4.42 Å². The SMILES string of the molecule is CC(N)=O.NCCCCC(N)c1nnc(CNC(=O)NC(CO)C(=O)O)o1. The van der Waals surface area contributed by atoms with Gasteiger partial charge in [0, 0.05) is 6.92 Å². The van der Waals surface area contributed by atoms with Crippen molar-refractivity contribution in [2.75, 3.05) is 13.2 Å². The van der Waals surface area contributed by atoms with Crippen LogP contribution in [0.5, 0.6) is 0 Å². The van der Waals surface area contributed by atoms with Gasteiger partial charge in [-0.05, 0) is 19.4 Å². The summed E-state index contributed by atoms with van der Waals surface area (Å²) < 4.78 is 5.32. The molecule has 0 aromatic carbocycles. The van der Waals surface area contributed by atoms with Gasteiger partial charge in [0.15, 0.2) is 6.04 Å². The fraction of sp³-hybridized carbons (Fsp3) is 0.643. The van der Waals surface area contributed by atoms with Gasteiger partial charge in [-0.25, -0.2) is 9.59 Å². The Hall–Kier alpha value is -2.77. The van der Waals surface area contributed by atoms with Gasteiger partial charge in [0.25, 0.3) is 0 Å². The Morgan fingerprint density at radius 3 is 2.41 bits per heavy atom. The zero-order chi connectivity index (χ0) is 20.8. The molecule has 3 amide bonds. The van der Waals surface area contributed by atoms with Crippen molar-refractivity contribution < 1.29 is 29.0 Å². The van der Waals surface area contributed by atoms with E-state index in [1.807, 2.05) is 0 Å². The highest BCUT2D eigenvalue weighted by molar-refractivity contribution is 5.82. The molecule has 0 bridgehead atoms. The van der Waals surface area contributed by atoms with Crippen LogP contribution in [0.4, 0.5) is 4.79 Å². The summed E-state index contributed by atoms with van der Waals surface area (Å²) in [5.74, 6) is -1.27. The standard InChI is InChI=1S/C12H22N6O5.C2H5NO/c13-4-2-1-3-7(14)10-18-17-9(23-10)5-15-12(22)16-8(6-19)11(20)21;1-2(3)4/h7-8,19H,1-6,13-14H2,(H,20,21)(H2,15,16,22);1H3,(H2,3,4). The van der Waals surface area contributed by atoms with Crippen LogP contribution in [0.2, 0.25) is 0 Å². The smallest absolute Gasteiger partial charge is 0.328 e. The molecule has 10 N–H and O–H groups in total. The number of carboxylic acid groups (broad SMARTS) is 1. The van der Waals surface area contributed by atoms with E-state index in [4.69, 9.17) is 26.1 Å². The number of rotatable bonds is 10. The fourth-order valence-electron chi connectivity index (χ4n) is 1.67. The Morgan fingerprint density at radius 2 is 1.89 bits per heavy atom. The minimum atomic E-state index is -1.38. The molecule has 0 saturated carbocycles. The Bertz CT molecular complexity index is 590. The number of amides is 3. The molecule has 0 radical (unpaired) electrons. The second-order valence-corrected chi connectivity index (χ2v) is 5.44. The van der Waals surface area contributed by atoms with Gasteiger partial charge in [0.2, 0.25) is 17.7 Å². The highest BCUT2D eigenvalue weighted by Crippen LogP contribution is 2.15. The van der Waals surface area contributed by atoms with Gasteiger partial charge in [-0.1, -0.05) is 6.42 Å². The summed E-state index contributed by atoms with van der Waals surface area (Å²) in [6.07, 6.45) is 2.35. The summed E-state index contributed by atoms with van der Waals surface area (Å²) in [6, 6.07) is -2.56. The number of hydrogen-bond donors (Lipinski definition) is 7. The molecule has 2 unspecified atom stereocenters. The molecule has 0 aliphatic rings. The summed E-state index contributed by atoms with van der Waals surface area (Å²) in [6.45, 7) is 1.09. The first kappa shape index (κ1) is 24.2. The molecular formula is C14H27N7O6.